The van der Waals surface area contributed by atoms with E-state index in [9.17, 15) is 22.8 Å². The lowest BCUT2D eigenvalue weighted by Crippen LogP contribution is -2.17. The standard InChI is InChI=1S/C19H18F3N3O3/c20-19(21,22)28-15-7-1-12(2-8-15)3-10-17(26)24-14-6-9-16(23-11-14)25-18(27)13-4-5-13/h1-2,6-9,11,13H,3-5,10H2,(H,24,26)(H,23,25,27). The molecule has 1 heterocycles. The Kier molecular flexibility index (Phi) is 5.81. The third-order valence-corrected chi connectivity index (χ3v) is 4.04. The van der Waals surface area contributed by atoms with Gasteiger partial charge in [0, 0.05) is 12.3 Å². The Balaban J connectivity index is 1.44. The predicted molar refractivity (Wildman–Crippen MR) is 95.7 cm³/mol. The van der Waals surface area contributed by atoms with Gasteiger partial charge in [0.05, 0.1) is 11.9 Å². The molecule has 1 aromatic heterocycles. The van der Waals surface area contributed by atoms with Gasteiger partial charge in [-0.2, -0.15) is 0 Å². The molecule has 1 saturated carbocycles. The first-order valence-electron chi connectivity index (χ1n) is 8.70. The molecule has 0 aliphatic heterocycles. The van der Waals surface area contributed by atoms with E-state index in [1.54, 1.807) is 12.1 Å². The first kappa shape index (κ1) is 19.7. The Morgan fingerprint density at radius 1 is 1.07 bits per heavy atom. The van der Waals surface area contributed by atoms with Crippen LogP contribution in [0.25, 0.3) is 0 Å². The summed E-state index contributed by atoms with van der Waals surface area (Å²) in [6.07, 6.45) is -0.966. The van der Waals surface area contributed by atoms with Gasteiger partial charge in [-0.15, -0.1) is 13.2 Å². The number of alkyl halides is 3. The van der Waals surface area contributed by atoms with Crippen molar-refractivity contribution in [1.29, 1.82) is 0 Å². The molecule has 0 bridgehead atoms. The smallest absolute Gasteiger partial charge is 0.406 e. The van der Waals surface area contributed by atoms with E-state index in [0.717, 1.165) is 12.8 Å². The van der Waals surface area contributed by atoms with E-state index in [1.807, 2.05) is 0 Å². The molecule has 2 amide bonds. The van der Waals surface area contributed by atoms with Crippen molar-refractivity contribution >= 4 is 23.3 Å². The van der Waals surface area contributed by atoms with Gasteiger partial charge in [0.25, 0.3) is 0 Å². The highest BCUT2D eigenvalue weighted by Crippen LogP contribution is 2.30. The van der Waals surface area contributed by atoms with Crippen LogP contribution in [0.4, 0.5) is 24.7 Å². The molecule has 1 aliphatic carbocycles. The summed E-state index contributed by atoms with van der Waals surface area (Å²) in [5, 5.41) is 5.39. The average Bonchev–Trinajstić information content (AvgIpc) is 3.47. The van der Waals surface area contributed by atoms with Gasteiger partial charge >= 0.3 is 6.36 Å². The molecule has 1 aromatic carbocycles. The van der Waals surface area contributed by atoms with Crippen molar-refractivity contribution in [3.05, 3.63) is 48.2 Å². The van der Waals surface area contributed by atoms with Gasteiger partial charge in [-0.25, -0.2) is 4.98 Å². The highest BCUT2D eigenvalue weighted by Gasteiger charge is 2.31. The quantitative estimate of drug-likeness (QED) is 0.748. The number of nitrogens with one attached hydrogen (secondary N) is 2. The number of carbonyl (C=O) groups is 2. The van der Waals surface area contributed by atoms with Crippen molar-refractivity contribution in [3.8, 4) is 5.75 Å². The summed E-state index contributed by atoms with van der Waals surface area (Å²) in [4.78, 5) is 27.8. The van der Waals surface area contributed by atoms with Crippen molar-refractivity contribution in [2.75, 3.05) is 10.6 Å². The summed E-state index contributed by atoms with van der Waals surface area (Å²) in [7, 11) is 0. The molecule has 6 nitrogen and oxygen atoms in total. The lowest BCUT2D eigenvalue weighted by molar-refractivity contribution is -0.274. The van der Waals surface area contributed by atoms with Gasteiger partial charge in [-0.05, 0) is 49.1 Å². The number of hydrogen-bond acceptors (Lipinski definition) is 4. The number of aromatic nitrogens is 1. The molecular formula is C19H18F3N3O3. The number of pyridine rings is 1. The van der Waals surface area contributed by atoms with Gasteiger partial charge < -0.3 is 15.4 Å². The maximum absolute atomic E-state index is 12.1. The van der Waals surface area contributed by atoms with Crippen LogP contribution < -0.4 is 15.4 Å². The molecule has 148 valence electrons. The Hall–Kier alpha value is -3.10. The van der Waals surface area contributed by atoms with Gasteiger partial charge in [-0.3, -0.25) is 9.59 Å². The molecule has 0 spiro atoms. The largest absolute Gasteiger partial charge is 0.573 e. The van der Waals surface area contributed by atoms with Gasteiger partial charge in [0.2, 0.25) is 11.8 Å². The Morgan fingerprint density at radius 3 is 2.36 bits per heavy atom. The maximum Gasteiger partial charge on any atom is 0.573 e. The minimum absolute atomic E-state index is 0.0454. The molecule has 9 heteroatoms. The Bertz CT molecular complexity index is 832. The van der Waals surface area contributed by atoms with Crippen LogP contribution in [0.2, 0.25) is 0 Å². The highest BCUT2D eigenvalue weighted by molar-refractivity contribution is 5.94. The number of benzene rings is 1. The van der Waals surface area contributed by atoms with Crippen LogP contribution in [0, 0.1) is 5.92 Å². The number of rotatable bonds is 7. The van der Waals surface area contributed by atoms with Crippen LogP contribution in [-0.2, 0) is 16.0 Å². The fourth-order valence-electron chi connectivity index (χ4n) is 2.45. The number of halogens is 3. The number of ether oxygens (including phenoxy) is 1. The van der Waals surface area contributed by atoms with Crippen molar-refractivity contribution in [2.45, 2.75) is 32.0 Å². The number of amides is 2. The zero-order valence-corrected chi connectivity index (χ0v) is 14.8. The topological polar surface area (TPSA) is 80.3 Å². The van der Waals surface area contributed by atoms with Crippen molar-refractivity contribution in [2.24, 2.45) is 5.92 Å². The van der Waals surface area contributed by atoms with Crippen molar-refractivity contribution in [3.63, 3.8) is 0 Å². The molecular weight excluding hydrogens is 375 g/mol. The SMILES string of the molecule is O=C(CCc1ccc(OC(F)(F)F)cc1)Nc1ccc(NC(=O)C2CC2)nc1. The molecule has 0 saturated heterocycles. The summed E-state index contributed by atoms with van der Waals surface area (Å²) in [5.74, 6) is -0.102. The summed E-state index contributed by atoms with van der Waals surface area (Å²) >= 11 is 0. The molecule has 0 radical (unpaired) electrons. The zero-order valence-electron chi connectivity index (χ0n) is 14.8. The minimum Gasteiger partial charge on any atom is -0.406 e. The average molecular weight is 393 g/mol. The number of carbonyl (C=O) groups excluding carboxylic acids is 2. The van der Waals surface area contributed by atoms with Gasteiger partial charge in [0.15, 0.2) is 0 Å². The monoisotopic (exact) mass is 393 g/mol. The lowest BCUT2D eigenvalue weighted by Gasteiger charge is -2.09. The lowest BCUT2D eigenvalue weighted by atomic mass is 10.1. The molecule has 2 N–H and O–H groups in total. The fourth-order valence-corrected chi connectivity index (χ4v) is 2.45. The molecule has 1 fully saturated rings. The second-order valence-electron chi connectivity index (χ2n) is 6.44. The summed E-state index contributed by atoms with van der Waals surface area (Å²) in [6.45, 7) is 0. The van der Waals surface area contributed by atoms with E-state index in [4.69, 9.17) is 0 Å². The Morgan fingerprint density at radius 2 is 1.79 bits per heavy atom. The van der Waals surface area contributed by atoms with Crippen LogP contribution in [-0.4, -0.2) is 23.2 Å². The summed E-state index contributed by atoms with van der Waals surface area (Å²) in [6, 6.07) is 8.62. The number of nitrogens with zero attached hydrogens (tertiary/aromatic N) is 1. The first-order valence-corrected chi connectivity index (χ1v) is 8.70. The first-order chi connectivity index (χ1) is 13.3. The van der Waals surface area contributed by atoms with Gasteiger partial charge in [-0.1, -0.05) is 12.1 Å². The molecule has 2 aromatic rings. The molecule has 1 aliphatic rings. The van der Waals surface area contributed by atoms with Crippen LogP contribution in [0.1, 0.15) is 24.8 Å². The number of aryl methyl sites for hydroxylation is 1. The van der Waals surface area contributed by atoms with Crippen LogP contribution in [0.15, 0.2) is 42.6 Å². The van der Waals surface area contributed by atoms with Crippen LogP contribution >= 0.6 is 0 Å². The van der Waals surface area contributed by atoms with E-state index in [0.29, 0.717) is 23.5 Å². The van der Waals surface area contributed by atoms with E-state index in [-0.39, 0.29) is 29.9 Å². The third kappa shape index (κ3) is 6.26. The van der Waals surface area contributed by atoms with E-state index >= 15 is 0 Å². The fraction of sp³-hybridized carbons (Fsp3) is 0.316. The summed E-state index contributed by atoms with van der Waals surface area (Å²) in [5.41, 5.74) is 1.20. The van der Waals surface area contributed by atoms with E-state index < -0.39 is 6.36 Å². The normalized spacial score (nSPS) is 13.7. The van der Waals surface area contributed by atoms with Crippen molar-refractivity contribution < 1.29 is 27.5 Å². The molecule has 0 atom stereocenters. The number of anilines is 2. The zero-order chi connectivity index (χ0) is 20.1. The maximum atomic E-state index is 12.1. The molecule has 0 unspecified atom stereocenters. The van der Waals surface area contributed by atoms with Crippen LogP contribution in [0.5, 0.6) is 5.75 Å². The van der Waals surface area contributed by atoms with E-state index in [2.05, 4.69) is 20.4 Å². The second-order valence-corrected chi connectivity index (χ2v) is 6.44. The predicted octanol–water partition coefficient (Wildman–Crippen LogP) is 3.90. The number of hydrogen-bond donors (Lipinski definition) is 2. The third-order valence-electron chi connectivity index (χ3n) is 4.04. The van der Waals surface area contributed by atoms with Crippen LogP contribution in [0.3, 0.4) is 0 Å². The molecule has 28 heavy (non-hydrogen) atoms. The molecule has 3 rings (SSSR count). The van der Waals surface area contributed by atoms with Crippen molar-refractivity contribution in [1.82, 2.24) is 4.98 Å². The second kappa shape index (κ2) is 8.28. The van der Waals surface area contributed by atoms with E-state index in [1.165, 1.54) is 30.5 Å². The highest BCUT2D eigenvalue weighted by atomic mass is 19.4. The Labute approximate surface area is 159 Å². The van der Waals surface area contributed by atoms with Gasteiger partial charge in [0.1, 0.15) is 11.6 Å². The minimum atomic E-state index is -4.73. The summed E-state index contributed by atoms with van der Waals surface area (Å²) < 4.78 is 40.2.